The van der Waals surface area contributed by atoms with Crippen LogP contribution in [0, 0.1) is 0 Å². The van der Waals surface area contributed by atoms with Crippen LogP contribution in [0.2, 0.25) is 0 Å². The molecule has 19 heavy (non-hydrogen) atoms. The van der Waals surface area contributed by atoms with Crippen LogP contribution in [0.4, 0.5) is 0 Å². The summed E-state index contributed by atoms with van der Waals surface area (Å²) < 4.78 is 11.0. The first-order chi connectivity index (χ1) is 9.22. The molecule has 0 unspecified atom stereocenters. The van der Waals surface area contributed by atoms with E-state index in [-0.39, 0.29) is 11.6 Å². The Morgan fingerprint density at radius 3 is 2.68 bits per heavy atom. The SMILES string of the molecule is CCOC(=O)c1csc(C2(OCC)CCCCC2)n1. The Morgan fingerprint density at radius 1 is 1.32 bits per heavy atom. The van der Waals surface area contributed by atoms with Crippen LogP contribution < -0.4 is 0 Å². The van der Waals surface area contributed by atoms with Gasteiger partial charge in [0.15, 0.2) is 5.69 Å². The van der Waals surface area contributed by atoms with Gasteiger partial charge in [-0.25, -0.2) is 9.78 Å². The van der Waals surface area contributed by atoms with E-state index in [1.54, 1.807) is 12.3 Å². The lowest BCUT2D eigenvalue weighted by atomic mass is 9.85. The van der Waals surface area contributed by atoms with E-state index in [1.165, 1.54) is 17.8 Å². The highest BCUT2D eigenvalue weighted by atomic mass is 32.1. The summed E-state index contributed by atoms with van der Waals surface area (Å²) in [5.74, 6) is -0.340. The van der Waals surface area contributed by atoms with Gasteiger partial charge in [0.05, 0.1) is 6.61 Å². The third-order valence-electron chi connectivity index (χ3n) is 3.46. The van der Waals surface area contributed by atoms with Crippen LogP contribution in [0.15, 0.2) is 5.38 Å². The van der Waals surface area contributed by atoms with E-state index in [0.717, 1.165) is 30.7 Å². The fourth-order valence-corrected chi connectivity index (χ4v) is 3.60. The molecule has 1 aliphatic rings. The van der Waals surface area contributed by atoms with E-state index in [4.69, 9.17) is 9.47 Å². The highest BCUT2D eigenvalue weighted by Gasteiger charge is 2.37. The molecule has 1 heterocycles. The molecule has 1 fully saturated rings. The summed E-state index contributed by atoms with van der Waals surface area (Å²) in [6.07, 6.45) is 5.57. The van der Waals surface area contributed by atoms with Crippen LogP contribution in [-0.2, 0) is 15.1 Å². The van der Waals surface area contributed by atoms with Gasteiger partial charge >= 0.3 is 5.97 Å². The maximum atomic E-state index is 11.7. The number of hydrogen-bond acceptors (Lipinski definition) is 5. The van der Waals surface area contributed by atoms with Gasteiger partial charge in [0.2, 0.25) is 0 Å². The van der Waals surface area contributed by atoms with Crippen molar-refractivity contribution in [3.05, 3.63) is 16.1 Å². The number of nitrogens with zero attached hydrogens (tertiary/aromatic N) is 1. The molecular weight excluding hydrogens is 262 g/mol. The molecule has 1 aromatic heterocycles. The van der Waals surface area contributed by atoms with Gasteiger partial charge in [0, 0.05) is 12.0 Å². The normalized spacial score (nSPS) is 18.2. The molecule has 0 atom stereocenters. The predicted octanol–water partition coefficient (Wildman–Crippen LogP) is 3.52. The van der Waals surface area contributed by atoms with Gasteiger partial charge in [-0.1, -0.05) is 19.3 Å². The molecule has 1 aromatic rings. The van der Waals surface area contributed by atoms with Gasteiger partial charge in [-0.05, 0) is 26.7 Å². The van der Waals surface area contributed by atoms with Crippen molar-refractivity contribution in [2.24, 2.45) is 0 Å². The summed E-state index contributed by atoms with van der Waals surface area (Å²) >= 11 is 1.51. The number of ether oxygens (including phenoxy) is 2. The maximum Gasteiger partial charge on any atom is 0.357 e. The van der Waals surface area contributed by atoms with Crippen molar-refractivity contribution >= 4 is 17.3 Å². The lowest BCUT2D eigenvalue weighted by Gasteiger charge is -2.35. The zero-order valence-electron chi connectivity index (χ0n) is 11.6. The van der Waals surface area contributed by atoms with Crippen molar-refractivity contribution in [1.29, 1.82) is 0 Å². The third-order valence-corrected chi connectivity index (χ3v) is 4.49. The number of aromatic nitrogens is 1. The van der Waals surface area contributed by atoms with Crippen molar-refractivity contribution in [1.82, 2.24) is 4.98 Å². The first-order valence-electron chi connectivity index (χ1n) is 6.99. The fraction of sp³-hybridized carbons (Fsp3) is 0.714. The molecular formula is C14H21NO3S. The summed E-state index contributed by atoms with van der Waals surface area (Å²) in [6, 6.07) is 0. The van der Waals surface area contributed by atoms with Crippen molar-refractivity contribution in [3.63, 3.8) is 0 Å². The van der Waals surface area contributed by atoms with Crippen LogP contribution in [0.5, 0.6) is 0 Å². The quantitative estimate of drug-likeness (QED) is 0.776. The van der Waals surface area contributed by atoms with E-state index >= 15 is 0 Å². The molecule has 0 spiro atoms. The first-order valence-corrected chi connectivity index (χ1v) is 7.87. The lowest BCUT2D eigenvalue weighted by molar-refractivity contribution is -0.0705. The molecule has 0 aromatic carbocycles. The number of hydrogen-bond donors (Lipinski definition) is 0. The van der Waals surface area contributed by atoms with Crippen LogP contribution >= 0.6 is 11.3 Å². The number of thiazole rings is 1. The Bertz CT molecular complexity index is 419. The molecule has 1 aliphatic carbocycles. The molecule has 4 nitrogen and oxygen atoms in total. The standard InChI is InChI=1S/C14H21NO3S/c1-3-17-12(16)11-10-19-13(15-11)14(18-4-2)8-6-5-7-9-14/h10H,3-9H2,1-2H3. The van der Waals surface area contributed by atoms with Gasteiger partial charge in [-0.15, -0.1) is 11.3 Å². The minimum atomic E-state index is -0.340. The number of rotatable bonds is 5. The average molecular weight is 283 g/mol. The average Bonchev–Trinajstić information content (AvgIpc) is 2.91. The molecule has 0 amide bonds. The second-order valence-electron chi connectivity index (χ2n) is 4.75. The summed E-state index contributed by atoms with van der Waals surface area (Å²) in [7, 11) is 0. The summed E-state index contributed by atoms with van der Waals surface area (Å²) in [5, 5.41) is 2.71. The predicted molar refractivity (Wildman–Crippen MR) is 74.5 cm³/mol. The fourth-order valence-electron chi connectivity index (χ4n) is 2.60. The highest BCUT2D eigenvalue weighted by molar-refractivity contribution is 7.10. The van der Waals surface area contributed by atoms with E-state index in [2.05, 4.69) is 4.98 Å². The monoisotopic (exact) mass is 283 g/mol. The van der Waals surface area contributed by atoms with Crippen molar-refractivity contribution in [2.45, 2.75) is 51.6 Å². The van der Waals surface area contributed by atoms with Crippen LogP contribution in [0.1, 0.15) is 61.4 Å². The Labute approximate surface area is 118 Å². The van der Waals surface area contributed by atoms with Crippen molar-refractivity contribution in [3.8, 4) is 0 Å². The molecule has 0 bridgehead atoms. The number of carbonyl (C=O) groups is 1. The minimum Gasteiger partial charge on any atom is -0.461 e. The smallest absolute Gasteiger partial charge is 0.357 e. The topological polar surface area (TPSA) is 48.4 Å². The van der Waals surface area contributed by atoms with Crippen LogP contribution in [0.25, 0.3) is 0 Å². The Kier molecular flexibility index (Phi) is 4.93. The molecule has 0 N–H and O–H groups in total. The van der Waals surface area contributed by atoms with Gasteiger partial charge in [0.25, 0.3) is 0 Å². The number of esters is 1. The summed E-state index contributed by atoms with van der Waals surface area (Å²) in [5.41, 5.74) is 0.133. The first kappa shape index (κ1) is 14.5. The molecule has 106 valence electrons. The largest absolute Gasteiger partial charge is 0.461 e. The highest BCUT2D eigenvalue weighted by Crippen LogP contribution is 2.41. The summed E-state index contributed by atoms with van der Waals surface area (Å²) in [6.45, 7) is 4.86. The van der Waals surface area contributed by atoms with Crippen molar-refractivity contribution in [2.75, 3.05) is 13.2 Å². The van der Waals surface area contributed by atoms with Crippen molar-refractivity contribution < 1.29 is 14.3 Å². The van der Waals surface area contributed by atoms with E-state index < -0.39 is 0 Å². The molecule has 5 heteroatoms. The van der Waals surface area contributed by atoms with E-state index in [0.29, 0.717) is 18.9 Å². The van der Waals surface area contributed by atoms with Crippen LogP contribution in [0.3, 0.4) is 0 Å². The molecule has 1 saturated carbocycles. The Morgan fingerprint density at radius 2 is 2.05 bits per heavy atom. The number of carbonyl (C=O) groups excluding carboxylic acids is 1. The Balaban J connectivity index is 2.20. The third kappa shape index (κ3) is 3.15. The van der Waals surface area contributed by atoms with Gasteiger partial charge < -0.3 is 9.47 Å². The zero-order chi connectivity index (χ0) is 13.7. The molecule has 0 radical (unpaired) electrons. The maximum absolute atomic E-state index is 11.7. The minimum absolute atomic E-state index is 0.275. The molecule has 2 rings (SSSR count). The molecule has 0 aliphatic heterocycles. The van der Waals surface area contributed by atoms with Crippen LogP contribution in [-0.4, -0.2) is 24.2 Å². The van der Waals surface area contributed by atoms with E-state index in [9.17, 15) is 4.79 Å². The van der Waals surface area contributed by atoms with Gasteiger partial charge in [0.1, 0.15) is 10.6 Å². The lowest BCUT2D eigenvalue weighted by Crippen LogP contribution is -2.32. The van der Waals surface area contributed by atoms with E-state index in [1.807, 2.05) is 6.92 Å². The second kappa shape index (κ2) is 6.48. The summed E-state index contributed by atoms with van der Waals surface area (Å²) in [4.78, 5) is 16.1. The zero-order valence-corrected chi connectivity index (χ0v) is 12.4. The van der Waals surface area contributed by atoms with Gasteiger partial charge in [-0.2, -0.15) is 0 Å². The molecule has 0 saturated heterocycles. The Hall–Kier alpha value is -0.940. The van der Waals surface area contributed by atoms with Gasteiger partial charge in [-0.3, -0.25) is 0 Å². The second-order valence-corrected chi connectivity index (χ2v) is 5.60.